The number of amides is 1. The molecule has 240 valence electrons. The minimum atomic E-state index is -4.42. The number of ether oxygens (including phenoxy) is 3. The van der Waals surface area contributed by atoms with Crippen molar-refractivity contribution < 1.29 is 41.0 Å². The molecule has 3 aromatic carbocycles. The highest BCUT2D eigenvalue weighted by atomic mass is 32.2. The molecule has 0 fully saturated rings. The summed E-state index contributed by atoms with van der Waals surface area (Å²) in [6, 6.07) is 10.2. The zero-order chi connectivity index (χ0) is 32.9. The molecule has 15 heteroatoms. The molecule has 2 N–H and O–H groups in total. The number of methoxy groups -OCH3 is 2. The second-order valence-corrected chi connectivity index (χ2v) is 12.3. The first-order chi connectivity index (χ1) is 21.3. The Kier molecular flexibility index (Phi) is 10.4. The van der Waals surface area contributed by atoms with E-state index in [0.29, 0.717) is 49.4 Å². The van der Waals surface area contributed by atoms with Crippen molar-refractivity contribution in [1.29, 1.82) is 0 Å². The van der Waals surface area contributed by atoms with Crippen molar-refractivity contribution in [3.05, 3.63) is 71.8 Å². The van der Waals surface area contributed by atoms with Crippen LogP contribution in [0.1, 0.15) is 17.3 Å². The molecule has 4 aromatic rings. The molecule has 12 nitrogen and oxygen atoms in total. The lowest BCUT2D eigenvalue weighted by molar-refractivity contribution is 0.102. The van der Waals surface area contributed by atoms with Gasteiger partial charge in [0.1, 0.15) is 24.0 Å². The maximum absolute atomic E-state index is 13.9. The number of rotatable bonds is 12. The van der Waals surface area contributed by atoms with Crippen LogP contribution in [-0.2, 0) is 19.3 Å². The molecule has 1 amide bonds. The second kappa shape index (κ2) is 14.0. The van der Waals surface area contributed by atoms with Gasteiger partial charge in [-0.25, -0.2) is 22.0 Å². The summed E-state index contributed by atoms with van der Waals surface area (Å²) in [4.78, 5) is 27.2. The number of aromatic nitrogens is 2. The molecule has 0 saturated heterocycles. The van der Waals surface area contributed by atoms with Crippen LogP contribution < -0.4 is 15.4 Å². The van der Waals surface area contributed by atoms with Crippen molar-refractivity contribution >= 4 is 44.2 Å². The molecule has 0 saturated carbocycles. The van der Waals surface area contributed by atoms with Gasteiger partial charge in [-0.2, -0.15) is 4.68 Å². The van der Waals surface area contributed by atoms with Crippen LogP contribution in [-0.4, -0.2) is 89.2 Å². The number of hydrogen-bond donors (Lipinski definition) is 2. The average Bonchev–Trinajstić information content (AvgIpc) is 3.33. The van der Waals surface area contributed by atoms with E-state index in [1.807, 2.05) is 25.9 Å². The quantitative estimate of drug-likeness (QED) is 0.228. The summed E-state index contributed by atoms with van der Waals surface area (Å²) < 4.78 is 71.0. The first-order valence-electron chi connectivity index (χ1n) is 13.6. The standard InChI is InChI=1S/C30H33F2N5O7S/c1-18(17-42-4)33-26-15-21(44-11-10-36(2)3)6-8-24(26)29(38)34-28-25-16-22(7-9-27(25)37(35-28)30(39)43-5)45(40,41)23-13-19(31)12-20(32)14-23/h6-9,12-16,18,33H,10-11,17H2,1-5H3,(H,34,35,38). The molecule has 1 atom stereocenters. The van der Waals surface area contributed by atoms with E-state index in [9.17, 15) is 26.8 Å². The number of sulfone groups is 1. The van der Waals surface area contributed by atoms with Gasteiger partial charge in [0.2, 0.25) is 9.84 Å². The Labute approximate surface area is 258 Å². The fraction of sp³-hybridized carbons (Fsp3) is 0.300. The highest BCUT2D eigenvalue weighted by Gasteiger charge is 2.25. The molecule has 4 rings (SSSR count). The van der Waals surface area contributed by atoms with Crippen molar-refractivity contribution in [2.24, 2.45) is 0 Å². The number of fused-ring (bicyclic) bond motifs is 1. The summed E-state index contributed by atoms with van der Waals surface area (Å²) in [6.45, 7) is 3.29. The smallest absolute Gasteiger partial charge is 0.435 e. The maximum atomic E-state index is 13.9. The summed E-state index contributed by atoms with van der Waals surface area (Å²) in [5, 5.41) is 10.1. The average molecular weight is 646 g/mol. The topological polar surface area (TPSA) is 141 Å². The van der Waals surface area contributed by atoms with Gasteiger partial charge in [0.15, 0.2) is 5.82 Å². The number of likely N-dealkylation sites (N-methyl/N-ethyl adjacent to an activating group) is 1. The molecule has 0 spiro atoms. The number of benzene rings is 3. The maximum Gasteiger partial charge on any atom is 0.435 e. The highest BCUT2D eigenvalue weighted by molar-refractivity contribution is 7.91. The highest BCUT2D eigenvalue weighted by Crippen LogP contribution is 2.31. The SMILES string of the molecule is COCC(C)Nc1cc(OCCN(C)C)ccc1C(=O)Nc1nn(C(=O)OC)c2ccc(S(=O)(=O)c3cc(F)cc(F)c3)cc12. The first kappa shape index (κ1) is 33.3. The van der Waals surface area contributed by atoms with Crippen LogP contribution in [0.15, 0.2) is 64.4 Å². The molecule has 0 aliphatic heterocycles. The third-order valence-corrected chi connectivity index (χ3v) is 8.28. The van der Waals surface area contributed by atoms with Crippen LogP contribution >= 0.6 is 0 Å². The van der Waals surface area contributed by atoms with Gasteiger partial charge in [0.25, 0.3) is 5.91 Å². The minimum Gasteiger partial charge on any atom is -0.492 e. The van der Waals surface area contributed by atoms with Gasteiger partial charge in [0, 0.05) is 37.2 Å². The minimum absolute atomic E-state index is 0.0533. The third-order valence-electron chi connectivity index (χ3n) is 6.55. The van der Waals surface area contributed by atoms with Crippen molar-refractivity contribution in [3.8, 4) is 5.75 Å². The number of hydrogen-bond acceptors (Lipinski definition) is 10. The summed E-state index contributed by atoms with van der Waals surface area (Å²) in [5.74, 6) is -2.42. The Balaban J connectivity index is 1.75. The van der Waals surface area contributed by atoms with Gasteiger partial charge >= 0.3 is 6.09 Å². The lowest BCUT2D eigenvalue weighted by Crippen LogP contribution is -2.24. The Hall–Kier alpha value is -4.60. The van der Waals surface area contributed by atoms with E-state index >= 15 is 0 Å². The zero-order valence-electron chi connectivity index (χ0n) is 25.3. The monoisotopic (exact) mass is 645 g/mol. The van der Waals surface area contributed by atoms with Gasteiger partial charge < -0.3 is 29.7 Å². The van der Waals surface area contributed by atoms with Gasteiger partial charge in [-0.3, -0.25) is 4.79 Å². The lowest BCUT2D eigenvalue weighted by atomic mass is 10.1. The molecular formula is C30H33F2N5O7S. The molecule has 1 heterocycles. The molecule has 0 aliphatic carbocycles. The van der Waals surface area contributed by atoms with Crippen LogP contribution in [0.4, 0.5) is 25.1 Å². The predicted octanol–water partition coefficient (Wildman–Crippen LogP) is 4.40. The Morgan fingerprint density at radius 1 is 1.00 bits per heavy atom. The summed E-state index contributed by atoms with van der Waals surface area (Å²) in [5.41, 5.74) is 0.725. The van der Waals surface area contributed by atoms with Gasteiger partial charge in [-0.15, -0.1) is 5.10 Å². The summed E-state index contributed by atoms with van der Waals surface area (Å²) >= 11 is 0. The predicted molar refractivity (Wildman–Crippen MR) is 163 cm³/mol. The van der Waals surface area contributed by atoms with Crippen LogP contribution in [0.5, 0.6) is 5.75 Å². The first-order valence-corrected chi connectivity index (χ1v) is 15.1. The van der Waals surface area contributed by atoms with Crippen molar-refractivity contribution in [2.75, 3.05) is 58.7 Å². The third kappa shape index (κ3) is 7.74. The Morgan fingerprint density at radius 2 is 1.71 bits per heavy atom. The van der Waals surface area contributed by atoms with Crippen LogP contribution in [0.25, 0.3) is 10.9 Å². The van der Waals surface area contributed by atoms with Crippen molar-refractivity contribution in [3.63, 3.8) is 0 Å². The van der Waals surface area contributed by atoms with E-state index in [1.54, 1.807) is 25.3 Å². The normalized spacial score (nSPS) is 12.3. The van der Waals surface area contributed by atoms with Crippen molar-refractivity contribution in [2.45, 2.75) is 22.8 Å². The fourth-order valence-electron chi connectivity index (χ4n) is 4.41. The Bertz CT molecular complexity index is 1810. The van der Waals surface area contributed by atoms with Crippen molar-refractivity contribution in [1.82, 2.24) is 14.7 Å². The number of carbonyl (C=O) groups is 2. The number of nitrogens with zero attached hydrogens (tertiary/aromatic N) is 3. The molecule has 0 bridgehead atoms. The number of nitrogens with one attached hydrogen (secondary N) is 2. The van der Waals surface area contributed by atoms with E-state index in [1.165, 1.54) is 6.07 Å². The summed E-state index contributed by atoms with van der Waals surface area (Å²) in [6.07, 6.45) is -0.904. The van der Waals surface area contributed by atoms with E-state index in [2.05, 4.69) is 15.7 Å². The molecular weight excluding hydrogens is 612 g/mol. The van der Waals surface area contributed by atoms with Crippen LogP contribution in [0.3, 0.4) is 0 Å². The molecule has 0 aliphatic rings. The second-order valence-electron chi connectivity index (χ2n) is 10.3. The number of halogens is 2. The Morgan fingerprint density at radius 3 is 2.36 bits per heavy atom. The molecule has 0 radical (unpaired) electrons. The largest absolute Gasteiger partial charge is 0.492 e. The lowest BCUT2D eigenvalue weighted by Gasteiger charge is -2.19. The van der Waals surface area contributed by atoms with Crippen LogP contribution in [0, 0.1) is 11.6 Å². The number of carbonyl (C=O) groups excluding carboxylic acids is 2. The van der Waals surface area contributed by atoms with Gasteiger partial charge in [-0.1, -0.05) is 0 Å². The molecule has 45 heavy (non-hydrogen) atoms. The fourth-order valence-corrected chi connectivity index (χ4v) is 5.74. The van der Waals surface area contributed by atoms with Crippen LogP contribution in [0.2, 0.25) is 0 Å². The number of anilines is 2. The molecule has 1 unspecified atom stereocenters. The molecule has 1 aromatic heterocycles. The summed E-state index contributed by atoms with van der Waals surface area (Å²) in [7, 11) is 2.10. The van der Waals surface area contributed by atoms with Gasteiger partial charge in [0.05, 0.1) is 40.3 Å². The van der Waals surface area contributed by atoms with E-state index in [-0.39, 0.29) is 33.2 Å². The van der Waals surface area contributed by atoms with E-state index in [4.69, 9.17) is 14.2 Å². The zero-order valence-corrected chi connectivity index (χ0v) is 26.1. The van der Waals surface area contributed by atoms with E-state index in [0.717, 1.165) is 23.9 Å². The van der Waals surface area contributed by atoms with Gasteiger partial charge in [-0.05, 0) is 63.5 Å². The van der Waals surface area contributed by atoms with E-state index < -0.39 is 38.4 Å².